The van der Waals surface area contributed by atoms with E-state index >= 15 is 0 Å². The zero-order valence-corrected chi connectivity index (χ0v) is 12.2. The average Bonchev–Trinajstić information content (AvgIpc) is 2.45. The van der Waals surface area contributed by atoms with Gasteiger partial charge in [-0.1, -0.05) is 29.3 Å². The van der Waals surface area contributed by atoms with Crippen molar-refractivity contribution >= 4 is 28.9 Å². The fourth-order valence-electron chi connectivity index (χ4n) is 1.62. The van der Waals surface area contributed by atoms with Crippen molar-refractivity contribution < 1.29 is 9.84 Å². The molecule has 0 fully saturated rings. The van der Waals surface area contributed by atoms with Gasteiger partial charge in [0, 0.05) is 22.3 Å². The maximum Gasteiger partial charge on any atom is 0.119 e. The normalized spacial score (nSPS) is 11.9. The Balaban J connectivity index is 1.75. The molecule has 2 aromatic carbocycles. The molecule has 0 spiro atoms. The van der Waals surface area contributed by atoms with Crippen LogP contribution in [0.4, 0.5) is 5.69 Å². The van der Waals surface area contributed by atoms with E-state index in [-0.39, 0.29) is 6.61 Å². The lowest BCUT2D eigenvalue weighted by molar-refractivity contribution is 0.117. The number of halogens is 2. The fourth-order valence-corrected chi connectivity index (χ4v) is 1.93. The van der Waals surface area contributed by atoms with Crippen LogP contribution in [-0.4, -0.2) is 24.4 Å². The van der Waals surface area contributed by atoms with Crippen molar-refractivity contribution in [3.63, 3.8) is 0 Å². The van der Waals surface area contributed by atoms with Gasteiger partial charge in [0.05, 0.1) is 0 Å². The van der Waals surface area contributed by atoms with Gasteiger partial charge in [-0.15, -0.1) is 0 Å². The minimum atomic E-state index is -0.621. The Kier molecular flexibility index (Phi) is 5.53. The van der Waals surface area contributed by atoms with Gasteiger partial charge in [0.15, 0.2) is 0 Å². The topological polar surface area (TPSA) is 41.5 Å². The van der Waals surface area contributed by atoms with Crippen LogP contribution < -0.4 is 10.1 Å². The van der Waals surface area contributed by atoms with Crippen LogP contribution in [0.3, 0.4) is 0 Å². The fraction of sp³-hybridized carbons (Fsp3) is 0.200. The first-order valence-corrected chi connectivity index (χ1v) is 6.95. The van der Waals surface area contributed by atoms with Gasteiger partial charge in [-0.25, -0.2) is 0 Å². The van der Waals surface area contributed by atoms with Gasteiger partial charge in [0.25, 0.3) is 0 Å². The highest BCUT2D eigenvalue weighted by atomic mass is 35.5. The van der Waals surface area contributed by atoms with Crippen LogP contribution in [0.5, 0.6) is 5.75 Å². The highest BCUT2D eigenvalue weighted by Gasteiger charge is 2.05. The van der Waals surface area contributed by atoms with Crippen molar-refractivity contribution in [2.45, 2.75) is 6.10 Å². The predicted molar refractivity (Wildman–Crippen MR) is 82.9 cm³/mol. The number of ether oxygens (including phenoxy) is 1. The molecular weight excluding hydrogens is 297 g/mol. The number of rotatable bonds is 6. The Morgan fingerprint density at radius 1 is 1.05 bits per heavy atom. The number of aliphatic hydroxyl groups excluding tert-OH is 1. The van der Waals surface area contributed by atoms with Crippen molar-refractivity contribution in [3.05, 3.63) is 58.6 Å². The Labute approximate surface area is 128 Å². The van der Waals surface area contributed by atoms with Gasteiger partial charge in [0.1, 0.15) is 18.5 Å². The Hall–Kier alpha value is -1.42. The quantitative estimate of drug-likeness (QED) is 0.851. The molecular formula is C15H15Cl2NO2. The number of hydrogen-bond acceptors (Lipinski definition) is 3. The predicted octanol–water partition coefficient (Wildman–Crippen LogP) is 3.85. The van der Waals surface area contributed by atoms with E-state index in [1.807, 2.05) is 12.1 Å². The molecule has 0 aliphatic heterocycles. The minimum Gasteiger partial charge on any atom is -0.491 e. The van der Waals surface area contributed by atoms with Gasteiger partial charge in [-0.3, -0.25) is 0 Å². The van der Waals surface area contributed by atoms with Crippen LogP contribution in [0.1, 0.15) is 0 Å². The molecule has 2 aromatic rings. The van der Waals surface area contributed by atoms with Crippen LogP contribution >= 0.6 is 23.2 Å². The zero-order valence-electron chi connectivity index (χ0n) is 10.7. The second-order valence-corrected chi connectivity index (χ2v) is 5.18. The molecule has 1 unspecified atom stereocenters. The first kappa shape index (κ1) is 15.0. The van der Waals surface area contributed by atoms with Gasteiger partial charge in [-0.2, -0.15) is 0 Å². The standard InChI is InChI=1S/C15H15Cl2NO2/c16-11-4-6-15(7-5-11)20-10-14(19)9-18-13-3-1-2-12(17)8-13/h1-8,14,18-19H,9-10H2. The van der Waals surface area contributed by atoms with E-state index in [1.165, 1.54) is 0 Å². The second kappa shape index (κ2) is 7.39. The molecule has 2 N–H and O–H groups in total. The van der Waals surface area contributed by atoms with Crippen LogP contribution in [-0.2, 0) is 0 Å². The van der Waals surface area contributed by atoms with Gasteiger partial charge in [0.2, 0.25) is 0 Å². The molecule has 3 nitrogen and oxygen atoms in total. The van der Waals surface area contributed by atoms with E-state index in [9.17, 15) is 5.11 Å². The highest BCUT2D eigenvalue weighted by Crippen LogP contribution is 2.16. The third-order valence-electron chi connectivity index (χ3n) is 2.62. The van der Waals surface area contributed by atoms with E-state index < -0.39 is 6.10 Å². The van der Waals surface area contributed by atoms with Crippen molar-refractivity contribution in [2.24, 2.45) is 0 Å². The first-order valence-electron chi connectivity index (χ1n) is 6.19. The molecule has 1 atom stereocenters. The van der Waals surface area contributed by atoms with Crippen molar-refractivity contribution in [1.82, 2.24) is 0 Å². The molecule has 0 aliphatic rings. The summed E-state index contributed by atoms with van der Waals surface area (Å²) in [5.41, 5.74) is 0.864. The molecule has 20 heavy (non-hydrogen) atoms. The highest BCUT2D eigenvalue weighted by molar-refractivity contribution is 6.31. The van der Waals surface area contributed by atoms with Crippen LogP contribution in [0.2, 0.25) is 10.0 Å². The van der Waals surface area contributed by atoms with Gasteiger partial charge >= 0.3 is 0 Å². The molecule has 106 valence electrons. The molecule has 0 aromatic heterocycles. The lowest BCUT2D eigenvalue weighted by Gasteiger charge is -2.14. The van der Waals surface area contributed by atoms with E-state index in [0.29, 0.717) is 22.3 Å². The van der Waals surface area contributed by atoms with Crippen LogP contribution in [0.15, 0.2) is 48.5 Å². The second-order valence-electron chi connectivity index (χ2n) is 4.31. The molecule has 5 heteroatoms. The van der Waals surface area contributed by atoms with Crippen molar-refractivity contribution in [1.29, 1.82) is 0 Å². The molecule has 0 saturated carbocycles. The summed E-state index contributed by atoms with van der Waals surface area (Å²) >= 11 is 11.7. The van der Waals surface area contributed by atoms with E-state index in [2.05, 4.69) is 5.32 Å². The summed E-state index contributed by atoms with van der Waals surface area (Å²) < 4.78 is 5.46. The molecule has 0 bridgehead atoms. The minimum absolute atomic E-state index is 0.204. The van der Waals surface area contributed by atoms with Gasteiger partial charge < -0.3 is 15.2 Å². The van der Waals surface area contributed by atoms with E-state index in [1.54, 1.807) is 36.4 Å². The van der Waals surface area contributed by atoms with Crippen molar-refractivity contribution in [2.75, 3.05) is 18.5 Å². The summed E-state index contributed by atoms with van der Waals surface area (Å²) in [5.74, 6) is 0.677. The smallest absolute Gasteiger partial charge is 0.119 e. The average molecular weight is 312 g/mol. The number of aliphatic hydroxyl groups is 1. The number of anilines is 1. The maximum absolute atomic E-state index is 9.85. The van der Waals surface area contributed by atoms with E-state index in [4.69, 9.17) is 27.9 Å². The molecule has 0 radical (unpaired) electrons. The summed E-state index contributed by atoms with van der Waals surface area (Å²) in [7, 11) is 0. The molecule has 0 amide bonds. The third-order valence-corrected chi connectivity index (χ3v) is 3.11. The summed E-state index contributed by atoms with van der Waals surface area (Å²) in [4.78, 5) is 0. The van der Waals surface area contributed by atoms with Gasteiger partial charge in [-0.05, 0) is 42.5 Å². The lowest BCUT2D eigenvalue weighted by atomic mass is 10.3. The largest absolute Gasteiger partial charge is 0.491 e. The van der Waals surface area contributed by atoms with Crippen LogP contribution in [0, 0.1) is 0 Å². The first-order chi connectivity index (χ1) is 9.63. The molecule has 0 heterocycles. The number of nitrogens with one attached hydrogen (secondary N) is 1. The maximum atomic E-state index is 9.85. The number of hydrogen-bond donors (Lipinski definition) is 2. The SMILES string of the molecule is OC(CNc1cccc(Cl)c1)COc1ccc(Cl)cc1. The Morgan fingerprint density at radius 2 is 1.80 bits per heavy atom. The van der Waals surface area contributed by atoms with Crippen LogP contribution in [0.25, 0.3) is 0 Å². The third kappa shape index (κ3) is 4.93. The Bertz CT molecular complexity index is 546. The summed E-state index contributed by atoms with van der Waals surface area (Å²) in [6.45, 7) is 0.586. The number of benzene rings is 2. The molecule has 0 saturated heterocycles. The summed E-state index contributed by atoms with van der Waals surface area (Å²) in [6, 6.07) is 14.3. The summed E-state index contributed by atoms with van der Waals surface area (Å²) in [5, 5.41) is 14.3. The lowest BCUT2D eigenvalue weighted by Crippen LogP contribution is -2.26. The Morgan fingerprint density at radius 3 is 2.50 bits per heavy atom. The molecule has 2 rings (SSSR count). The monoisotopic (exact) mass is 311 g/mol. The molecule has 0 aliphatic carbocycles. The van der Waals surface area contributed by atoms with Crippen molar-refractivity contribution in [3.8, 4) is 5.75 Å². The van der Waals surface area contributed by atoms with E-state index in [0.717, 1.165) is 5.69 Å². The zero-order chi connectivity index (χ0) is 14.4. The summed E-state index contributed by atoms with van der Waals surface area (Å²) in [6.07, 6.45) is -0.621.